The highest BCUT2D eigenvalue weighted by molar-refractivity contribution is 5.86. The molecule has 1 fully saturated rings. The Morgan fingerprint density at radius 2 is 2.33 bits per heavy atom. The lowest BCUT2D eigenvalue weighted by Crippen LogP contribution is -2.17. The summed E-state index contributed by atoms with van der Waals surface area (Å²) in [5.74, 6) is -0.365. The van der Waals surface area contributed by atoms with Gasteiger partial charge in [-0.05, 0) is 19.8 Å². The average molecular weight is 214 g/mol. The second-order valence-electron chi connectivity index (χ2n) is 3.63. The number of ether oxygens (including phenoxy) is 3. The van der Waals surface area contributed by atoms with Crippen LogP contribution in [0.3, 0.4) is 0 Å². The molecular formula is C11H18O4. The van der Waals surface area contributed by atoms with Crippen molar-refractivity contribution in [3.63, 3.8) is 0 Å². The molecule has 0 N–H and O–H groups in total. The monoisotopic (exact) mass is 214 g/mol. The normalized spacial score (nSPS) is 20.2. The summed E-state index contributed by atoms with van der Waals surface area (Å²) in [6, 6.07) is 0. The largest absolute Gasteiger partial charge is 0.460 e. The van der Waals surface area contributed by atoms with Crippen molar-refractivity contribution in [1.82, 2.24) is 0 Å². The number of carbonyl (C=O) groups is 1. The molecule has 1 aliphatic heterocycles. The van der Waals surface area contributed by atoms with Crippen molar-refractivity contribution < 1.29 is 19.0 Å². The maximum absolute atomic E-state index is 11.0. The molecule has 0 amide bonds. The SMILES string of the molecule is C=C(C)C(=O)OCCOCC1CCCO1. The minimum Gasteiger partial charge on any atom is -0.460 e. The highest BCUT2D eigenvalue weighted by atomic mass is 16.6. The lowest BCUT2D eigenvalue weighted by atomic mass is 10.2. The molecule has 0 bridgehead atoms. The van der Waals surface area contributed by atoms with Crippen LogP contribution in [0, 0.1) is 0 Å². The third-order valence-electron chi connectivity index (χ3n) is 2.14. The van der Waals surface area contributed by atoms with E-state index in [-0.39, 0.29) is 18.7 Å². The van der Waals surface area contributed by atoms with Crippen LogP contribution in [0.1, 0.15) is 19.8 Å². The van der Waals surface area contributed by atoms with Gasteiger partial charge in [-0.1, -0.05) is 6.58 Å². The molecular weight excluding hydrogens is 196 g/mol. The van der Waals surface area contributed by atoms with E-state index in [0.29, 0.717) is 18.8 Å². The van der Waals surface area contributed by atoms with E-state index in [1.54, 1.807) is 6.92 Å². The minimum atomic E-state index is -0.365. The third-order valence-corrected chi connectivity index (χ3v) is 2.14. The summed E-state index contributed by atoms with van der Waals surface area (Å²) in [5.41, 5.74) is 0.411. The zero-order valence-electron chi connectivity index (χ0n) is 9.16. The molecule has 1 atom stereocenters. The first-order chi connectivity index (χ1) is 7.20. The fourth-order valence-corrected chi connectivity index (χ4v) is 1.31. The van der Waals surface area contributed by atoms with Gasteiger partial charge in [0.1, 0.15) is 6.61 Å². The number of esters is 1. The van der Waals surface area contributed by atoms with Gasteiger partial charge in [0.15, 0.2) is 0 Å². The Kier molecular flexibility index (Phi) is 5.36. The van der Waals surface area contributed by atoms with Crippen molar-refractivity contribution in [2.45, 2.75) is 25.9 Å². The highest BCUT2D eigenvalue weighted by Gasteiger charge is 2.15. The number of hydrogen-bond donors (Lipinski definition) is 0. The van der Waals surface area contributed by atoms with Crippen LogP contribution in [-0.2, 0) is 19.0 Å². The van der Waals surface area contributed by atoms with E-state index in [4.69, 9.17) is 14.2 Å². The van der Waals surface area contributed by atoms with Crippen molar-refractivity contribution >= 4 is 5.97 Å². The number of hydrogen-bond acceptors (Lipinski definition) is 4. The zero-order chi connectivity index (χ0) is 11.1. The maximum atomic E-state index is 11.0. The highest BCUT2D eigenvalue weighted by Crippen LogP contribution is 2.11. The summed E-state index contributed by atoms with van der Waals surface area (Å²) in [7, 11) is 0. The minimum absolute atomic E-state index is 0.224. The van der Waals surface area contributed by atoms with Crippen molar-refractivity contribution in [3.8, 4) is 0 Å². The van der Waals surface area contributed by atoms with Crippen LogP contribution in [0.25, 0.3) is 0 Å². The lowest BCUT2D eigenvalue weighted by molar-refractivity contribution is -0.140. The molecule has 0 aromatic carbocycles. The van der Waals surface area contributed by atoms with Crippen LogP contribution >= 0.6 is 0 Å². The summed E-state index contributed by atoms with van der Waals surface area (Å²) in [5, 5.41) is 0. The topological polar surface area (TPSA) is 44.8 Å². The Hall–Kier alpha value is -0.870. The Morgan fingerprint density at radius 3 is 2.93 bits per heavy atom. The average Bonchev–Trinajstić information content (AvgIpc) is 2.69. The molecule has 86 valence electrons. The van der Waals surface area contributed by atoms with Crippen molar-refractivity contribution in [2.24, 2.45) is 0 Å². The fraction of sp³-hybridized carbons (Fsp3) is 0.727. The Morgan fingerprint density at radius 1 is 1.53 bits per heavy atom. The van der Waals surface area contributed by atoms with Crippen LogP contribution in [0.15, 0.2) is 12.2 Å². The molecule has 0 aromatic rings. The predicted octanol–water partition coefficient (Wildman–Crippen LogP) is 1.30. The van der Waals surface area contributed by atoms with E-state index < -0.39 is 0 Å². The molecule has 1 saturated heterocycles. The molecule has 1 unspecified atom stereocenters. The van der Waals surface area contributed by atoms with Crippen LogP contribution in [0.4, 0.5) is 0 Å². The van der Waals surface area contributed by atoms with Gasteiger partial charge in [0, 0.05) is 12.2 Å². The standard InChI is InChI=1S/C11H18O4/c1-9(2)11(12)15-7-6-13-8-10-4-3-5-14-10/h10H,1,3-8H2,2H3. The quantitative estimate of drug-likeness (QED) is 0.380. The van der Waals surface area contributed by atoms with Gasteiger partial charge in [-0.15, -0.1) is 0 Å². The molecule has 1 rings (SSSR count). The van der Waals surface area contributed by atoms with Crippen LogP contribution < -0.4 is 0 Å². The summed E-state index contributed by atoms with van der Waals surface area (Å²) >= 11 is 0. The number of carbonyl (C=O) groups excluding carboxylic acids is 1. The van der Waals surface area contributed by atoms with Gasteiger partial charge < -0.3 is 14.2 Å². The zero-order valence-corrected chi connectivity index (χ0v) is 9.16. The predicted molar refractivity (Wildman–Crippen MR) is 55.6 cm³/mol. The summed E-state index contributed by atoms with van der Waals surface area (Å²) in [6.45, 7) is 7.21. The van der Waals surface area contributed by atoms with Gasteiger partial charge in [0.05, 0.1) is 19.3 Å². The number of rotatable bonds is 6. The van der Waals surface area contributed by atoms with Crippen molar-refractivity contribution in [1.29, 1.82) is 0 Å². The second kappa shape index (κ2) is 6.58. The van der Waals surface area contributed by atoms with Crippen LogP contribution in [-0.4, -0.2) is 38.5 Å². The van der Waals surface area contributed by atoms with E-state index in [1.807, 2.05) is 0 Å². The van der Waals surface area contributed by atoms with E-state index in [2.05, 4.69) is 6.58 Å². The molecule has 0 spiro atoms. The molecule has 15 heavy (non-hydrogen) atoms. The molecule has 0 radical (unpaired) electrons. The molecule has 1 heterocycles. The van der Waals surface area contributed by atoms with Gasteiger partial charge in [-0.3, -0.25) is 0 Å². The second-order valence-corrected chi connectivity index (χ2v) is 3.63. The van der Waals surface area contributed by atoms with Crippen LogP contribution in [0.5, 0.6) is 0 Å². The molecule has 0 aromatic heterocycles. The summed E-state index contributed by atoms with van der Waals surface area (Å²) < 4.78 is 15.6. The Balaban J connectivity index is 1.92. The first kappa shape index (κ1) is 12.2. The first-order valence-electron chi connectivity index (χ1n) is 5.22. The van der Waals surface area contributed by atoms with Gasteiger partial charge in [-0.25, -0.2) is 4.79 Å². The van der Waals surface area contributed by atoms with Gasteiger partial charge in [0.25, 0.3) is 0 Å². The summed E-state index contributed by atoms with van der Waals surface area (Å²) in [6.07, 6.45) is 2.39. The Labute approximate surface area is 90.2 Å². The first-order valence-corrected chi connectivity index (χ1v) is 5.22. The van der Waals surface area contributed by atoms with E-state index in [9.17, 15) is 4.79 Å². The molecule has 0 saturated carbocycles. The molecule has 0 aliphatic carbocycles. The lowest BCUT2D eigenvalue weighted by Gasteiger charge is -2.10. The van der Waals surface area contributed by atoms with E-state index in [1.165, 1.54) is 0 Å². The van der Waals surface area contributed by atoms with E-state index >= 15 is 0 Å². The summed E-state index contributed by atoms with van der Waals surface area (Å²) in [4.78, 5) is 11.0. The third kappa shape index (κ3) is 4.95. The molecule has 4 nitrogen and oxygen atoms in total. The van der Waals surface area contributed by atoms with Crippen molar-refractivity contribution in [2.75, 3.05) is 26.4 Å². The van der Waals surface area contributed by atoms with Gasteiger partial charge >= 0.3 is 5.97 Å². The van der Waals surface area contributed by atoms with Gasteiger partial charge in [-0.2, -0.15) is 0 Å². The van der Waals surface area contributed by atoms with E-state index in [0.717, 1.165) is 19.4 Å². The fourth-order valence-electron chi connectivity index (χ4n) is 1.31. The smallest absolute Gasteiger partial charge is 0.333 e. The van der Waals surface area contributed by atoms with Crippen molar-refractivity contribution in [3.05, 3.63) is 12.2 Å². The molecule has 4 heteroatoms. The maximum Gasteiger partial charge on any atom is 0.333 e. The molecule has 1 aliphatic rings. The van der Waals surface area contributed by atoms with Gasteiger partial charge in [0.2, 0.25) is 0 Å². The Bertz CT molecular complexity index is 219. The van der Waals surface area contributed by atoms with Crippen LogP contribution in [0.2, 0.25) is 0 Å².